The zero-order valence-electron chi connectivity index (χ0n) is 37.1. The predicted octanol–water partition coefficient (Wildman–Crippen LogP) is 8.74. The molecule has 4 N–H and O–H groups in total. The van der Waals surface area contributed by atoms with Crippen LogP contribution < -0.4 is 10.6 Å². The molecule has 4 atom stereocenters. The Morgan fingerprint density at radius 3 is 1.82 bits per heavy atom. The Kier molecular flexibility index (Phi) is 13.4. The number of carbonyl (C=O) groups excluding carboxylic acids is 5. The fourth-order valence-corrected chi connectivity index (χ4v) is 8.86. The topological polar surface area (TPSA) is 179 Å². The van der Waals surface area contributed by atoms with Crippen molar-refractivity contribution in [3.8, 4) is 22.5 Å². The van der Waals surface area contributed by atoms with Crippen molar-refractivity contribution in [2.45, 2.75) is 96.2 Å². The summed E-state index contributed by atoms with van der Waals surface area (Å²) in [4.78, 5) is 82.4. The summed E-state index contributed by atoms with van der Waals surface area (Å²) in [7, 11) is 0. The van der Waals surface area contributed by atoms with Gasteiger partial charge in [-0.1, -0.05) is 91.0 Å². The average Bonchev–Trinajstić information content (AvgIpc) is 4.14. The summed E-state index contributed by atoms with van der Waals surface area (Å²) in [6.45, 7) is 7.97. The number of alkyl carbamates (subject to hydrolysis) is 2. The number of ketones is 1. The van der Waals surface area contributed by atoms with Gasteiger partial charge in [-0.15, -0.1) is 0 Å². The van der Waals surface area contributed by atoms with E-state index in [0.717, 1.165) is 51.8 Å². The van der Waals surface area contributed by atoms with Crippen molar-refractivity contribution in [1.29, 1.82) is 0 Å². The molecule has 6 aromatic rings. The first-order valence-electron chi connectivity index (χ1n) is 22.4. The molecule has 2 aromatic heterocycles. The molecule has 336 valence electrons. The first-order chi connectivity index (χ1) is 31.4. The summed E-state index contributed by atoms with van der Waals surface area (Å²) in [6, 6.07) is 31.5. The smallest absolute Gasteiger partial charge is 0.408 e. The summed E-state index contributed by atoms with van der Waals surface area (Å²) in [6.07, 6.45) is 2.69. The number of Topliss-reactive ketones (excluding diaryl/α,β-unsaturated/α-hetero) is 1. The molecule has 14 heteroatoms. The molecular formula is C51H55N7O7. The number of ether oxygens (including phenoxy) is 2. The number of H-pyrrole nitrogens is 2. The van der Waals surface area contributed by atoms with Crippen LogP contribution in [0.3, 0.4) is 0 Å². The normalized spacial score (nSPS) is 17.0. The van der Waals surface area contributed by atoms with Gasteiger partial charge < -0.3 is 39.9 Å². The zero-order valence-corrected chi connectivity index (χ0v) is 37.1. The largest absolute Gasteiger partial charge is 0.447 e. The SMILES string of the molecule is CC(C)OC(=O)N[C@@H](C(=O)N1CCC[C@H]1C(=O)Cc1ccc2[nH]c(-c3ccc(-c4cnc([C@@H]5CCCN5C(=O)[C@H](NC(=O)OC(C)C)c5ccccc5)[nH]4)cc3)cc2c1)c1ccccc1. The van der Waals surface area contributed by atoms with Gasteiger partial charge in [-0.3, -0.25) is 14.4 Å². The van der Waals surface area contributed by atoms with Crippen molar-refractivity contribution < 1.29 is 33.4 Å². The van der Waals surface area contributed by atoms with Gasteiger partial charge in [0.05, 0.1) is 36.2 Å². The Hall–Kier alpha value is -7.22. The monoisotopic (exact) mass is 877 g/mol. The quantitative estimate of drug-likeness (QED) is 0.0839. The Balaban J connectivity index is 0.926. The molecule has 14 nitrogen and oxygen atoms in total. The first-order valence-corrected chi connectivity index (χ1v) is 22.4. The van der Waals surface area contributed by atoms with E-state index in [1.165, 1.54) is 0 Å². The molecule has 8 rings (SSSR count). The zero-order chi connectivity index (χ0) is 45.6. The molecule has 2 aliphatic heterocycles. The highest BCUT2D eigenvalue weighted by Crippen LogP contribution is 2.35. The van der Waals surface area contributed by atoms with Crippen LogP contribution in [0.2, 0.25) is 0 Å². The molecule has 0 unspecified atom stereocenters. The summed E-state index contributed by atoms with van der Waals surface area (Å²) >= 11 is 0. The van der Waals surface area contributed by atoms with Crippen LogP contribution in [0.25, 0.3) is 33.4 Å². The highest BCUT2D eigenvalue weighted by molar-refractivity contribution is 5.95. The van der Waals surface area contributed by atoms with E-state index < -0.39 is 30.3 Å². The average molecular weight is 878 g/mol. The number of imidazole rings is 1. The van der Waals surface area contributed by atoms with Crippen molar-refractivity contribution in [3.05, 3.63) is 138 Å². The standard InChI is InChI=1S/C51H55N7O7/c1-31(2)64-50(62)55-45(36-13-7-5-8-14-36)48(60)57-25-11-17-42(57)44(59)28-33-19-24-39-38(27-33)29-40(53-39)34-20-22-35(23-21-34)41-30-52-47(54-41)43-18-12-26-58(43)49(61)46(37-15-9-6-10-16-37)56-51(63)65-32(3)4/h5-10,13-16,19-24,27,29-32,42-43,45-46,53H,11-12,17-18,25-26,28H2,1-4H3,(H,52,54)(H,55,62)(H,56,63)/t42-,43-,45+,46+/m0/s1. The number of aromatic nitrogens is 3. The maximum atomic E-state index is 14.1. The number of rotatable bonds is 14. The lowest BCUT2D eigenvalue weighted by Gasteiger charge is -2.29. The van der Waals surface area contributed by atoms with E-state index in [1.807, 2.05) is 91.0 Å². The first kappa shape index (κ1) is 44.4. The van der Waals surface area contributed by atoms with Crippen molar-refractivity contribution in [3.63, 3.8) is 0 Å². The number of aromatic amines is 2. The third-order valence-electron chi connectivity index (χ3n) is 11.9. The Morgan fingerprint density at radius 1 is 0.662 bits per heavy atom. The van der Waals surface area contributed by atoms with Gasteiger partial charge in [0, 0.05) is 36.1 Å². The molecule has 0 aliphatic carbocycles. The molecule has 2 aliphatic rings. The minimum atomic E-state index is -0.983. The molecule has 4 amide bonds. The maximum Gasteiger partial charge on any atom is 0.408 e. The molecule has 0 bridgehead atoms. The molecule has 0 saturated carbocycles. The number of amides is 4. The van der Waals surface area contributed by atoms with Gasteiger partial charge in [0.25, 0.3) is 11.8 Å². The number of hydrogen-bond donors (Lipinski definition) is 4. The number of likely N-dealkylation sites (tertiary alicyclic amines) is 2. The van der Waals surface area contributed by atoms with Crippen molar-refractivity contribution in [2.24, 2.45) is 0 Å². The predicted molar refractivity (Wildman–Crippen MR) is 246 cm³/mol. The van der Waals surface area contributed by atoms with E-state index in [4.69, 9.17) is 14.5 Å². The van der Waals surface area contributed by atoms with Crippen molar-refractivity contribution in [2.75, 3.05) is 13.1 Å². The third kappa shape index (κ3) is 10.3. The van der Waals surface area contributed by atoms with E-state index in [9.17, 15) is 24.0 Å². The van der Waals surface area contributed by atoms with Crippen LogP contribution >= 0.6 is 0 Å². The summed E-state index contributed by atoms with van der Waals surface area (Å²) in [5.74, 6) is 0.0727. The molecule has 0 radical (unpaired) electrons. The van der Waals surface area contributed by atoms with E-state index >= 15 is 0 Å². The van der Waals surface area contributed by atoms with Crippen molar-refractivity contribution in [1.82, 2.24) is 35.4 Å². The number of nitrogens with one attached hydrogen (secondary N) is 4. The molecule has 4 aromatic carbocycles. The summed E-state index contributed by atoms with van der Waals surface area (Å²) < 4.78 is 10.6. The van der Waals surface area contributed by atoms with Crippen LogP contribution in [0.15, 0.2) is 115 Å². The van der Waals surface area contributed by atoms with Crippen LogP contribution in [0.5, 0.6) is 0 Å². The lowest BCUT2D eigenvalue weighted by Crippen LogP contribution is -2.48. The van der Waals surface area contributed by atoms with E-state index in [-0.39, 0.29) is 42.3 Å². The molecular weight excluding hydrogens is 823 g/mol. The highest BCUT2D eigenvalue weighted by atomic mass is 16.6. The lowest BCUT2D eigenvalue weighted by atomic mass is 9.99. The minimum Gasteiger partial charge on any atom is -0.447 e. The Bertz CT molecular complexity index is 2640. The Labute approximate surface area is 378 Å². The number of benzene rings is 4. The molecule has 0 spiro atoms. The lowest BCUT2D eigenvalue weighted by molar-refractivity contribution is -0.139. The van der Waals surface area contributed by atoms with Gasteiger partial charge in [-0.25, -0.2) is 14.6 Å². The van der Waals surface area contributed by atoms with Crippen LogP contribution in [0.4, 0.5) is 9.59 Å². The third-order valence-corrected chi connectivity index (χ3v) is 11.9. The van der Waals surface area contributed by atoms with E-state index in [0.29, 0.717) is 42.9 Å². The van der Waals surface area contributed by atoms with E-state index in [2.05, 4.69) is 26.7 Å². The molecule has 2 saturated heterocycles. The number of hydrogen-bond acceptors (Lipinski definition) is 8. The molecule has 2 fully saturated rings. The highest BCUT2D eigenvalue weighted by Gasteiger charge is 2.39. The number of fused-ring (bicyclic) bond motifs is 1. The molecule has 65 heavy (non-hydrogen) atoms. The van der Waals surface area contributed by atoms with Crippen molar-refractivity contribution >= 4 is 40.7 Å². The van der Waals surface area contributed by atoms with Gasteiger partial charge in [-0.05, 0) is 99.4 Å². The fraction of sp³-hybridized carbons (Fsp3) is 0.333. The minimum absolute atomic E-state index is 0.0515. The summed E-state index contributed by atoms with van der Waals surface area (Å²) in [5.41, 5.74) is 6.71. The fourth-order valence-electron chi connectivity index (χ4n) is 8.86. The van der Waals surface area contributed by atoms with Gasteiger partial charge in [0.15, 0.2) is 5.78 Å². The van der Waals surface area contributed by atoms with E-state index in [1.54, 1.807) is 55.8 Å². The summed E-state index contributed by atoms with van der Waals surface area (Å²) in [5, 5.41) is 6.48. The second-order valence-electron chi connectivity index (χ2n) is 17.3. The maximum absolute atomic E-state index is 14.1. The van der Waals surface area contributed by atoms with Gasteiger partial charge >= 0.3 is 12.2 Å². The number of carbonyl (C=O) groups is 5. The van der Waals surface area contributed by atoms with Crippen LogP contribution in [0, 0.1) is 0 Å². The van der Waals surface area contributed by atoms with Crippen LogP contribution in [-0.2, 0) is 30.3 Å². The van der Waals surface area contributed by atoms with Crippen LogP contribution in [-0.4, -0.2) is 85.9 Å². The van der Waals surface area contributed by atoms with Gasteiger partial charge in [0.2, 0.25) is 0 Å². The second-order valence-corrected chi connectivity index (χ2v) is 17.3. The van der Waals surface area contributed by atoms with Gasteiger partial charge in [-0.2, -0.15) is 0 Å². The number of nitrogens with zero attached hydrogens (tertiary/aromatic N) is 3. The van der Waals surface area contributed by atoms with Crippen LogP contribution in [0.1, 0.15) is 94.0 Å². The Morgan fingerprint density at radius 2 is 1.22 bits per heavy atom. The second kappa shape index (κ2) is 19.7. The van der Waals surface area contributed by atoms with Gasteiger partial charge in [0.1, 0.15) is 17.9 Å². The molecule has 4 heterocycles.